The Morgan fingerprint density at radius 3 is 1.71 bits per heavy atom. The summed E-state index contributed by atoms with van der Waals surface area (Å²) in [6.07, 6.45) is -10.0. The molecule has 1 aliphatic rings. The molecule has 0 aromatic carbocycles. The third-order valence-corrected chi connectivity index (χ3v) is 4.49. The Kier molecular flexibility index (Phi) is 8.77. The number of halogens is 3. The van der Waals surface area contributed by atoms with Crippen molar-refractivity contribution >= 4 is 34.0 Å². The lowest BCUT2D eigenvalue weighted by molar-refractivity contribution is -0.292. The predicted molar refractivity (Wildman–Crippen MR) is 88.0 cm³/mol. The second kappa shape index (κ2) is 10.2. The standard InChI is InChI=1S/C15H19F3O12S/c1-6(19)25-5-10-11(26-7(2)20)12(27-8(3)21)13(14(29-10)28-9(4)22)30-31(23,24)15(16,17)18/h10-14H,5H2,1-4H3/t10-,11-,12+,13+,14+/m1/s1. The van der Waals surface area contributed by atoms with Gasteiger partial charge in [-0.15, -0.1) is 0 Å². The van der Waals surface area contributed by atoms with Gasteiger partial charge in [0.05, 0.1) is 0 Å². The molecule has 178 valence electrons. The van der Waals surface area contributed by atoms with E-state index in [0.717, 1.165) is 27.7 Å². The summed E-state index contributed by atoms with van der Waals surface area (Å²) in [5.41, 5.74) is -5.90. The number of alkyl halides is 3. The van der Waals surface area contributed by atoms with Gasteiger partial charge < -0.3 is 23.7 Å². The minimum absolute atomic E-state index is 0.693. The van der Waals surface area contributed by atoms with Crippen molar-refractivity contribution in [1.82, 2.24) is 0 Å². The molecule has 0 N–H and O–H groups in total. The zero-order valence-corrected chi connectivity index (χ0v) is 17.4. The molecule has 31 heavy (non-hydrogen) atoms. The van der Waals surface area contributed by atoms with Crippen LogP contribution in [0.4, 0.5) is 13.2 Å². The van der Waals surface area contributed by atoms with E-state index in [-0.39, 0.29) is 0 Å². The quantitative estimate of drug-likeness (QED) is 0.207. The van der Waals surface area contributed by atoms with Gasteiger partial charge in [-0.05, 0) is 0 Å². The van der Waals surface area contributed by atoms with Crippen LogP contribution in [-0.2, 0) is 57.2 Å². The summed E-state index contributed by atoms with van der Waals surface area (Å²) in [6, 6.07) is 0. The van der Waals surface area contributed by atoms with E-state index in [4.69, 9.17) is 18.9 Å². The molecule has 5 atom stereocenters. The summed E-state index contributed by atoms with van der Waals surface area (Å²) >= 11 is 0. The fourth-order valence-electron chi connectivity index (χ4n) is 2.43. The molecule has 0 bridgehead atoms. The molecule has 0 saturated carbocycles. The van der Waals surface area contributed by atoms with Crippen LogP contribution in [0.25, 0.3) is 0 Å². The summed E-state index contributed by atoms with van der Waals surface area (Å²) in [5.74, 6) is -4.16. The average molecular weight is 480 g/mol. The molecule has 1 heterocycles. The van der Waals surface area contributed by atoms with E-state index in [1.807, 2.05) is 0 Å². The van der Waals surface area contributed by atoms with Crippen LogP contribution in [0.3, 0.4) is 0 Å². The molecule has 0 aromatic heterocycles. The van der Waals surface area contributed by atoms with Crippen molar-refractivity contribution in [3.8, 4) is 0 Å². The second-order valence-electron chi connectivity index (χ2n) is 6.06. The highest BCUT2D eigenvalue weighted by Gasteiger charge is 2.58. The zero-order valence-electron chi connectivity index (χ0n) is 16.5. The predicted octanol–water partition coefficient (Wildman–Crippen LogP) is -0.0643. The molecule has 16 heteroatoms. The van der Waals surface area contributed by atoms with Gasteiger partial charge in [-0.2, -0.15) is 21.6 Å². The average Bonchev–Trinajstić information content (AvgIpc) is 2.56. The van der Waals surface area contributed by atoms with Crippen LogP contribution in [0, 0.1) is 0 Å². The molecule has 1 aliphatic heterocycles. The fraction of sp³-hybridized carbons (Fsp3) is 0.733. The third-order valence-electron chi connectivity index (χ3n) is 3.45. The van der Waals surface area contributed by atoms with Crippen molar-refractivity contribution in [2.75, 3.05) is 6.61 Å². The van der Waals surface area contributed by atoms with E-state index in [2.05, 4.69) is 8.92 Å². The zero-order chi connectivity index (χ0) is 24.1. The van der Waals surface area contributed by atoms with Gasteiger partial charge in [0.15, 0.2) is 18.3 Å². The second-order valence-corrected chi connectivity index (χ2v) is 7.63. The van der Waals surface area contributed by atoms with E-state index in [1.54, 1.807) is 0 Å². The lowest BCUT2D eigenvalue weighted by Crippen LogP contribution is -2.63. The Balaban J connectivity index is 3.50. The van der Waals surface area contributed by atoms with Crippen molar-refractivity contribution in [3.63, 3.8) is 0 Å². The Hall–Kier alpha value is -2.46. The summed E-state index contributed by atoms with van der Waals surface area (Å²) in [5, 5.41) is 0. The van der Waals surface area contributed by atoms with Crippen LogP contribution in [0.1, 0.15) is 27.7 Å². The molecule has 1 saturated heterocycles. The van der Waals surface area contributed by atoms with Crippen molar-refractivity contribution in [2.45, 2.75) is 63.9 Å². The van der Waals surface area contributed by atoms with Crippen LogP contribution < -0.4 is 0 Å². The van der Waals surface area contributed by atoms with Gasteiger partial charge in [0.25, 0.3) is 0 Å². The van der Waals surface area contributed by atoms with Gasteiger partial charge in [-0.3, -0.25) is 19.2 Å². The summed E-state index contributed by atoms with van der Waals surface area (Å²) < 4.78 is 90.1. The first kappa shape index (κ1) is 26.6. The molecule has 0 spiro atoms. The van der Waals surface area contributed by atoms with E-state index >= 15 is 0 Å². The Bertz CT molecular complexity index is 809. The molecule has 0 amide bonds. The SMILES string of the molecule is CC(=O)OC[C@H]1O[C@H](OC(C)=O)[C@@H](OS(=O)(=O)C(F)(F)F)[C@@H](OC(C)=O)[C@@H]1OC(C)=O. The molecule has 0 aliphatic carbocycles. The highest BCUT2D eigenvalue weighted by molar-refractivity contribution is 7.87. The number of ether oxygens (including phenoxy) is 5. The Morgan fingerprint density at radius 2 is 1.29 bits per heavy atom. The summed E-state index contributed by atoms with van der Waals surface area (Å²) in [7, 11) is -6.32. The molecule has 0 unspecified atom stereocenters. The minimum Gasteiger partial charge on any atom is -0.463 e. The monoisotopic (exact) mass is 480 g/mol. The van der Waals surface area contributed by atoms with E-state index in [9.17, 15) is 40.8 Å². The van der Waals surface area contributed by atoms with Crippen LogP contribution in [0.2, 0.25) is 0 Å². The minimum atomic E-state index is -6.32. The Labute approximate surface area is 174 Å². The van der Waals surface area contributed by atoms with E-state index in [0.29, 0.717) is 0 Å². The molecular formula is C15H19F3O12S. The van der Waals surface area contributed by atoms with Crippen molar-refractivity contribution in [1.29, 1.82) is 0 Å². The largest absolute Gasteiger partial charge is 0.523 e. The van der Waals surface area contributed by atoms with Crippen molar-refractivity contribution < 1.29 is 68.6 Å². The number of rotatable bonds is 7. The molecule has 0 radical (unpaired) electrons. The van der Waals surface area contributed by atoms with Gasteiger partial charge in [-0.1, -0.05) is 0 Å². The van der Waals surface area contributed by atoms with Crippen molar-refractivity contribution in [3.05, 3.63) is 0 Å². The van der Waals surface area contributed by atoms with Crippen molar-refractivity contribution in [2.24, 2.45) is 0 Å². The molecular weight excluding hydrogens is 461 g/mol. The smallest absolute Gasteiger partial charge is 0.463 e. The lowest BCUT2D eigenvalue weighted by atomic mass is 9.98. The third kappa shape index (κ3) is 7.62. The van der Waals surface area contributed by atoms with Gasteiger partial charge >= 0.3 is 39.5 Å². The maximum Gasteiger partial charge on any atom is 0.523 e. The molecule has 1 fully saturated rings. The maximum atomic E-state index is 12.8. The van der Waals surface area contributed by atoms with Crippen LogP contribution in [-0.4, -0.2) is 75.1 Å². The number of hydrogen-bond donors (Lipinski definition) is 0. The molecule has 12 nitrogen and oxygen atoms in total. The van der Waals surface area contributed by atoms with E-state index in [1.165, 1.54) is 0 Å². The number of esters is 4. The van der Waals surface area contributed by atoms with Crippen LogP contribution in [0.15, 0.2) is 0 Å². The Morgan fingerprint density at radius 1 is 0.806 bits per heavy atom. The van der Waals surface area contributed by atoms with Crippen LogP contribution in [0.5, 0.6) is 0 Å². The highest BCUT2D eigenvalue weighted by atomic mass is 32.2. The van der Waals surface area contributed by atoms with Gasteiger partial charge in [-0.25, -0.2) is 4.18 Å². The first-order chi connectivity index (χ1) is 14.0. The highest BCUT2D eigenvalue weighted by Crippen LogP contribution is 2.34. The summed E-state index contributed by atoms with van der Waals surface area (Å²) in [6.45, 7) is 2.82. The molecule has 0 aromatic rings. The fourth-order valence-corrected chi connectivity index (χ4v) is 3.04. The topological polar surface area (TPSA) is 158 Å². The first-order valence-electron chi connectivity index (χ1n) is 8.35. The van der Waals surface area contributed by atoms with E-state index < -0.39 is 76.8 Å². The van der Waals surface area contributed by atoms with Crippen LogP contribution >= 0.6 is 0 Å². The van der Waals surface area contributed by atoms with Gasteiger partial charge in [0, 0.05) is 27.7 Å². The summed E-state index contributed by atoms with van der Waals surface area (Å²) in [4.78, 5) is 45.5. The maximum absolute atomic E-state index is 12.8. The van der Waals surface area contributed by atoms with Gasteiger partial charge in [0.1, 0.15) is 12.7 Å². The number of carbonyl (C=O) groups excluding carboxylic acids is 4. The first-order valence-corrected chi connectivity index (χ1v) is 9.76. The normalized spacial score (nSPS) is 26.5. The number of carbonyl (C=O) groups is 4. The molecule has 1 rings (SSSR count). The lowest BCUT2D eigenvalue weighted by Gasteiger charge is -2.43. The number of hydrogen-bond acceptors (Lipinski definition) is 12. The van der Waals surface area contributed by atoms with Gasteiger partial charge in [0.2, 0.25) is 6.29 Å².